The van der Waals surface area contributed by atoms with Crippen molar-refractivity contribution in [2.75, 3.05) is 0 Å². The molecule has 1 aromatic carbocycles. The van der Waals surface area contributed by atoms with Crippen LogP contribution in [0.1, 0.15) is 28.5 Å². The summed E-state index contributed by atoms with van der Waals surface area (Å²) in [5, 5.41) is 9.13. The maximum absolute atomic E-state index is 12.2. The van der Waals surface area contributed by atoms with Crippen molar-refractivity contribution < 1.29 is 4.79 Å². The molecular weight excluding hydrogens is 278 g/mol. The van der Waals surface area contributed by atoms with Gasteiger partial charge in [-0.05, 0) is 19.9 Å². The molecule has 112 valence electrons. The second-order valence-corrected chi connectivity index (χ2v) is 4.95. The molecule has 0 atom stereocenters. The fraction of sp³-hybridized carbons (Fsp3) is 0.188. The van der Waals surface area contributed by atoms with Crippen LogP contribution in [0, 0.1) is 6.92 Å². The van der Waals surface area contributed by atoms with Gasteiger partial charge < -0.3 is 4.98 Å². The van der Waals surface area contributed by atoms with Crippen LogP contribution in [0.15, 0.2) is 41.8 Å². The van der Waals surface area contributed by atoms with Crippen molar-refractivity contribution in [3.8, 4) is 0 Å². The summed E-state index contributed by atoms with van der Waals surface area (Å²) in [6, 6.07) is 7.66. The van der Waals surface area contributed by atoms with Gasteiger partial charge in [0.25, 0.3) is 5.91 Å². The minimum absolute atomic E-state index is 0.241. The zero-order valence-electron chi connectivity index (χ0n) is 12.5. The molecule has 0 saturated carbocycles. The number of amides is 1. The highest BCUT2D eigenvalue weighted by molar-refractivity contribution is 6.06. The Hall–Kier alpha value is -2.89. The van der Waals surface area contributed by atoms with Crippen LogP contribution in [0.3, 0.4) is 0 Å². The molecular formula is C16H17N5O. The number of benzene rings is 1. The zero-order valence-corrected chi connectivity index (χ0v) is 12.5. The smallest absolute Gasteiger partial charge is 0.273 e. The summed E-state index contributed by atoms with van der Waals surface area (Å²) < 4.78 is 1.88. The van der Waals surface area contributed by atoms with Gasteiger partial charge in [-0.3, -0.25) is 9.48 Å². The Kier molecular flexibility index (Phi) is 3.74. The van der Waals surface area contributed by atoms with E-state index in [1.54, 1.807) is 18.6 Å². The molecule has 3 rings (SSSR count). The summed E-state index contributed by atoms with van der Waals surface area (Å²) in [5.41, 5.74) is 5.97. The fourth-order valence-electron chi connectivity index (χ4n) is 2.39. The second kappa shape index (κ2) is 5.85. The number of nitrogens with zero attached hydrogens (tertiary/aromatic N) is 3. The first-order valence-corrected chi connectivity index (χ1v) is 7.12. The van der Waals surface area contributed by atoms with E-state index < -0.39 is 0 Å². The van der Waals surface area contributed by atoms with Gasteiger partial charge in [-0.2, -0.15) is 10.2 Å². The quantitative estimate of drug-likeness (QED) is 0.573. The summed E-state index contributed by atoms with van der Waals surface area (Å²) >= 11 is 0. The Bertz CT molecular complexity index is 843. The topological polar surface area (TPSA) is 75.1 Å². The number of H-pyrrole nitrogens is 1. The molecule has 0 aliphatic carbocycles. The molecule has 6 nitrogen and oxygen atoms in total. The Labute approximate surface area is 127 Å². The molecule has 0 unspecified atom stereocenters. The number of aryl methyl sites for hydroxylation is 1. The number of hydrogen-bond acceptors (Lipinski definition) is 3. The fourth-order valence-corrected chi connectivity index (χ4v) is 2.39. The van der Waals surface area contributed by atoms with E-state index in [0.29, 0.717) is 5.56 Å². The number of aromatic amines is 1. The van der Waals surface area contributed by atoms with E-state index in [4.69, 9.17) is 0 Å². The first-order chi connectivity index (χ1) is 10.7. The molecule has 0 spiro atoms. The van der Waals surface area contributed by atoms with Crippen molar-refractivity contribution in [2.45, 2.75) is 20.4 Å². The highest BCUT2D eigenvalue weighted by atomic mass is 16.2. The van der Waals surface area contributed by atoms with Gasteiger partial charge in [0.2, 0.25) is 0 Å². The standard InChI is InChI=1S/C16H17N5O/c1-3-21-11(2)12(9-19-21)8-18-20-16(22)14-10-17-15-7-5-4-6-13(14)15/h4-10,17H,3H2,1-2H3,(H,20,22)/b18-8+. The lowest BCUT2D eigenvalue weighted by Crippen LogP contribution is -2.17. The summed E-state index contributed by atoms with van der Waals surface area (Å²) in [6.45, 7) is 4.81. The van der Waals surface area contributed by atoms with Gasteiger partial charge in [-0.1, -0.05) is 18.2 Å². The highest BCUT2D eigenvalue weighted by Gasteiger charge is 2.10. The van der Waals surface area contributed by atoms with Crippen molar-refractivity contribution in [2.24, 2.45) is 5.10 Å². The van der Waals surface area contributed by atoms with Gasteiger partial charge in [0, 0.05) is 34.9 Å². The summed E-state index contributed by atoms with van der Waals surface area (Å²) in [5.74, 6) is -0.241. The molecule has 22 heavy (non-hydrogen) atoms. The van der Waals surface area contributed by atoms with Crippen molar-refractivity contribution in [3.63, 3.8) is 0 Å². The van der Waals surface area contributed by atoms with Crippen LogP contribution in [0.5, 0.6) is 0 Å². The lowest BCUT2D eigenvalue weighted by molar-refractivity contribution is 0.0957. The number of hydrazone groups is 1. The number of aromatic nitrogens is 3. The first kappa shape index (κ1) is 14.1. The van der Waals surface area contributed by atoms with Gasteiger partial charge in [0.15, 0.2) is 0 Å². The Morgan fingerprint density at radius 1 is 1.45 bits per heavy atom. The van der Waals surface area contributed by atoms with Crippen LogP contribution in [0.25, 0.3) is 10.9 Å². The molecule has 2 aromatic heterocycles. The van der Waals surface area contributed by atoms with Crippen LogP contribution in [-0.4, -0.2) is 26.9 Å². The number of carbonyl (C=O) groups excluding carboxylic acids is 1. The van der Waals surface area contributed by atoms with Crippen molar-refractivity contribution in [1.29, 1.82) is 0 Å². The Morgan fingerprint density at radius 2 is 2.27 bits per heavy atom. The van der Waals surface area contributed by atoms with Crippen LogP contribution in [-0.2, 0) is 6.54 Å². The summed E-state index contributed by atoms with van der Waals surface area (Å²) in [7, 11) is 0. The van der Waals surface area contributed by atoms with Crippen molar-refractivity contribution in [1.82, 2.24) is 20.2 Å². The predicted octanol–water partition coefficient (Wildman–Crippen LogP) is 2.46. The number of fused-ring (bicyclic) bond motifs is 1. The molecule has 0 bridgehead atoms. The third kappa shape index (κ3) is 2.50. The number of rotatable bonds is 4. The van der Waals surface area contributed by atoms with E-state index >= 15 is 0 Å². The Morgan fingerprint density at radius 3 is 3.05 bits per heavy atom. The average Bonchev–Trinajstić information content (AvgIpc) is 3.11. The molecule has 2 N–H and O–H groups in total. The molecule has 0 saturated heterocycles. The summed E-state index contributed by atoms with van der Waals surface area (Å²) in [4.78, 5) is 15.3. The van der Waals surface area contributed by atoms with E-state index in [2.05, 4.69) is 20.6 Å². The molecule has 0 radical (unpaired) electrons. The van der Waals surface area contributed by atoms with Gasteiger partial charge in [-0.25, -0.2) is 5.43 Å². The van der Waals surface area contributed by atoms with Crippen molar-refractivity contribution in [3.05, 3.63) is 53.5 Å². The Balaban J connectivity index is 1.74. The van der Waals surface area contributed by atoms with E-state index in [-0.39, 0.29) is 5.91 Å². The molecule has 0 aliphatic rings. The maximum atomic E-state index is 12.2. The maximum Gasteiger partial charge on any atom is 0.273 e. The second-order valence-electron chi connectivity index (χ2n) is 4.95. The minimum Gasteiger partial charge on any atom is -0.360 e. The first-order valence-electron chi connectivity index (χ1n) is 7.12. The van der Waals surface area contributed by atoms with E-state index in [1.807, 2.05) is 42.8 Å². The predicted molar refractivity (Wildman–Crippen MR) is 86.0 cm³/mol. The van der Waals surface area contributed by atoms with Crippen LogP contribution < -0.4 is 5.43 Å². The molecule has 0 aliphatic heterocycles. The van der Waals surface area contributed by atoms with Crippen LogP contribution in [0.4, 0.5) is 0 Å². The highest BCUT2D eigenvalue weighted by Crippen LogP contribution is 2.17. The lowest BCUT2D eigenvalue weighted by Gasteiger charge is -1.99. The van der Waals surface area contributed by atoms with Gasteiger partial charge in [0.1, 0.15) is 0 Å². The van der Waals surface area contributed by atoms with E-state index in [1.165, 1.54) is 0 Å². The lowest BCUT2D eigenvalue weighted by atomic mass is 10.2. The number of para-hydroxylation sites is 1. The van der Waals surface area contributed by atoms with Gasteiger partial charge in [0.05, 0.1) is 18.0 Å². The van der Waals surface area contributed by atoms with Crippen molar-refractivity contribution >= 4 is 23.0 Å². The number of hydrogen-bond donors (Lipinski definition) is 2. The summed E-state index contributed by atoms with van der Waals surface area (Å²) in [6.07, 6.45) is 5.04. The number of carbonyl (C=O) groups is 1. The van der Waals surface area contributed by atoms with Crippen LogP contribution >= 0.6 is 0 Å². The molecule has 3 aromatic rings. The SMILES string of the molecule is CCn1ncc(/C=N/NC(=O)c2c[nH]c3ccccc23)c1C. The number of nitrogens with one attached hydrogen (secondary N) is 2. The average molecular weight is 295 g/mol. The zero-order chi connectivity index (χ0) is 15.5. The van der Waals surface area contributed by atoms with E-state index in [9.17, 15) is 4.79 Å². The normalized spacial score (nSPS) is 11.4. The van der Waals surface area contributed by atoms with E-state index in [0.717, 1.165) is 28.7 Å². The molecule has 1 amide bonds. The molecule has 0 fully saturated rings. The van der Waals surface area contributed by atoms with Gasteiger partial charge in [-0.15, -0.1) is 0 Å². The minimum atomic E-state index is -0.241. The third-order valence-electron chi connectivity index (χ3n) is 3.64. The largest absolute Gasteiger partial charge is 0.360 e. The van der Waals surface area contributed by atoms with Crippen LogP contribution in [0.2, 0.25) is 0 Å². The van der Waals surface area contributed by atoms with Gasteiger partial charge >= 0.3 is 0 Å². The molecule has 2 heterocycles. The third-order valence-corrected chi connectivity index (χ3v) is 3.64. The molecule has 6 heteroatoms. The monoisotopic (exact) mass is 295 g/mol.